The van der Waals surface area contributed by atoms with E-state index in [2.05, 4.69) is 35.8 Å². The summed E-state index contributed by atoms with van der Waals surface area (Å²) in [6.07, 6.45) is 2.50. The summed E-state index contributed by atoms with van der Waals surface area (Å²) in [6.45, 7) is 11.5. The third-order valence-corrected chi connectivity index (χ3v) is 5.12. The van der Waals surface area contributed by atoms with Gasteiger partial charge in [-0.25, -0.2) is 18.1 Å². The van der Waals surface area contributed by atoms with E-state index in [9.17, 15) is 8.42 Å². The normalized spacial score (nSPS) is 14.0. The van der Waals surface area contributed by atoms with Crippen molar-refractivity contribution in [3.05, 3.63) is 18.3 Å². The number of nitrogens with one attached hydrogen (secondary N) is 2. The molecule has 2 N–H and O–H groups in total. The lowest BCUT2D eigenvalue weighted by atomic mass is 9.82. The third kappa shape index (κ3) is 5.28. The lowest BCUT2D eigenvalue weighted by molar-refractivity contribution is 0.263. The maximum Gasteiger partial charge on any atom is 0.244 e. The molecule has 1 unspecified atom stereocenters. The zero-order chi connectivity index (χ0) is 16.1. The lowest BCUT2D eigenvalue weighted by Crippen LogP contribution is -2.34. The molecule has 21 heavy (non-hydrogen) atoms. The average Bonchev–Trinajstić information content (AvgIpc) is 2.41. The van der Waals surface area contributed by atoms with Crippen LogP contribution < -0.4 is 10.0 Å². The minimum absolute atomic E-state index is 0.0563. The van der Waals surface area contributed by atoms with Crippen LogP contribution in [0.1, 0.15) is 41.0 Å². The van der Waals surface area contributed by atoms with Crippen LogP contribution in [0.15, 0.2) is 23.2 Å². The molecule has 0 amide bonds. The molecule has 0 spiro atoms. The first-order chi connectivity index (χ1) is 9.68. The molecule has 1 aromatic rings. The molecular weight excluding hydrogens is 286 g/mol. The Morgan fingerprint density at radius 1 is 1.33 bits per heavy atom. The Bertz CT molecular complexity index is 550. The van der Waals surface area contributed by atoms with Crippen LogP contribution in [0.4, 0.5) is 5.82 Å². The van der Waals surface area contributed by atoms with Gasteiger partial charge in [0, 0.05) is 19.3 Å². The number of anilines is 1. The zero-order valence-corrected chi connectivity index (χ0v) is 14.4. The Balaban J connectivity index is 2.88. The molecule has 0 saturated heterocycles. The van der Waals surface area contributed by atoms with E-state index in [1.54, 1.807) is 18.3 Å². The molecule has 0 bridgehead atoms. The van der Waals surface area contributed by atoms with Gasteiger partial charge in [0.15, 0.2) is 0 Å². The maximum absolute atomic E-state index is 12.5. The van der Waals surface area contributed by atoms with Crippen molar-refractivity contribution < 1.29 is 8.42 Å². The number of hydrogen-bond donors (Lipinski definition) is 2. The van der Waals surface area contributed by atoms with Gasteiger partial charge in [0.1, 0.15) is 10.7 Å². The van der Waals surface area contributed by atoms with Crippen molar-refractivity contribution in [2.24, 2.45) is 11.3 Å². The van der Waals surface area contributed by atoms with Gasteiger partial charge in [-0.15, -0.1) is 0 Å². The van der Waals surface area contributed by atoms with Crippen molar-refractivity contribution in [1.82, 2.24) is 9.71 Å². The van der Waals surface area contributed by atoms with E-state index in [-0.39, 0.29) is 16.2 Å². The number of nitrogens with zero attached hydrogens (tertiary/aromatic N) is 1. The van der Waals surface area contributed by atoms with E-state index in [0.29, 0.717) is 18.9 Å². The summed E-state index contributed by atoms with van der Waals surface area (Å²) in [7, 11) is -3.55. The highest BCUT2D eigenvalue weighted by Gasteiger charge is 2.24. The van der Waals surface area contributed by atoms with E-state index in [1.165, 1.54) is 0 Å². The van der Waals surface area contributed by atoms with Crippen LogP contribution in [0.2, 0.25) is 0 Å². The van der Waals surface area contributed by atoms with Gasteiger partial charge < -0.3 is 5.32 Å². The Morgan fingerprint density at radius 2 is 2.00 bits per heavy atom. The summed E-state index contributed by atoms with van der Waals surface area (Å²) in [6, 6.07) is 3.22. The van der Waals surface area contributed by atoms with Gasteiger partial charge in [-0.1, -0.05) is 34.6 Å². The van der Waals surface area contributed by atoms with Gasteiger partial charge >= 0.3 is 0 Å². The standard InChI is InChI=1S/C15H27N3O2S/c1-6-9-16-14-13(8-7-10-17-14)21(19,20)18-11-12(2)15(3,4)5/h7-8,10,12,18H,6,9,11H2,1-5H3,(H,16,17). The number of pyridine rings is 1. The first kappa shape index (κ1) is 17.9. The second kappa shape index (κ2) is 7.22. The van der Waals surface area contributed by atoms with Gasteiger partial charge in [-0.3, -0.25) is 0 Å². The maximum atomic E-state index is 12.5. The Kier molecular flexibility index (Phi) is 6.16. The van der Waals surface area contributed by atoms with E-state index in [0.717, 1.165) is 6.42 Å². The monoisotopic (exact) mass is 313 g/mol. The van der Waals surface area contributed by atoms with Crippen LogP contribution in [-0.2, 0) is 10.0 Å². The van der Waals surface area contributed by atoms with Gasteiger partial charge in [-0.2, -0.15) is 0 Å². The smallest absolute Gasteiger partial charge is 0.244 e. The molecule has 0 radical (unpaired) electrons. The molecule has 0 aromatic carbocycles. The molecule has 0 aliphatic heterocycles. The Labute approximate surface area is 128 Å². The number of aromatic nitrogens is 1. The fraction of sp³-hybridized carbons (Fsp3) is 0.667. The van der Waals surface area contributed by atoms with Gasteiger partial charge in [0.2, 0.25) is 10.0 Å². The first-order valence-electron chi connectivity index (χ1n) is 7.37. The minimum Gasteiger partial charge on any atom is -0.369 e. The molecule has 1 aromatic heterocycles. The second-order valence-electron chi connectivity index (χ2n) is 6.40. The lowest BCUT2D eigenvalue weighted by Gasteiger charge is -2.27. The summed E-state index contributed by atoms with van der Waals surface area (Å²) >= 11 is 0. The summed E-state index contributed by atoms with van der Waals surface area (Å²) in [4.78, 5) is 4.34. The predicted octanol–water partition coefficient (Wildman–Crippen LogP) is 2.86. The molecule has 1 rings (SSSR count). The average molecular weight is 313 g/mol. The second-order valence-corrected chi connectivity index (χ2v) is 8.13. The molecular formula is C15H27N3O2S. The first-order valence-corrected chi connectivity index (χ1v) is 8.85. The van der Waals surface area contributed by atoms with Crippen molar-refractivity contribution >= 4 is 15.8 Å². The van der Waals surface area contributed by atoms with E-state index < -0.39 is 10.0 Å². The van der Waals surface area contributed by atoms with Crippen LogP contribution in [0.3, 0.4) is 0 Å². The van der Waals surface area contributed by atoms with Crippen molar-refractivity contribution in [3.8, 4) is 0 Å². The molecule has 1 atom stereocenters. The molecule has 5 nitrogen and oxygen atoms in total. The van der Waals surface area contributed by atoms with Crippen molar-refractivity contribution in [1.29, 1.82) is 0 Å². The van der Waals surface area contributed by atoms with Crippen LogP contribution in [0.5, 0.6) is 0 Å². The highest BCUT2D eigenvalue weighted by Crippen LogP contribution is 2.25. The highest BCUT2D eigenvalue weighted by molar-refractivity contribution is 7.89. The molecule has 1 heterocycles. The topological polar surface area (TPSA) is 71.1 Å². The van der Waals surface area contributed by atoms with Gasteiger partial charge in [-0.05, 0) is 29.9 Å². The minimum atomic E-state index is -3.55. The summed E-state index contributed by atoms with van der Waals surface area (Å²) in [5.41, 5.74) is 0.0563. The SMILES string of the molecule is CCCNc1ncccc1S(=O)(=O)NCC(C)C(C)(C)C. The fourth-order valence-corrected chi connectivity index (χ4v) is 2.86. The zero-order valence-electron chi connectivity index (χ0n) is 13.6. The number of hydrogen-bond acceptors (Lipinski definition) is 4. The van der Waals surface area contributed by atoms with Crippen LogP contribution >= 0.6 is 0 Å². The molecule has 120 valence electrons. The van der Waals surface area contributed by atoms with E-state index in [1.807, 2.05) is 13.8 Å². The highest BCUT2D eigenvalue weighted by atomic mass is 32.2. The van der Waals surface area contributed by atoms with Crippen LogP contribution in [0, 0.1) is 11.3 Å². The summed E-state index contributed by atoms with van der Waals surface area (Å²) in [5.74, 6) is 0.645. The number of rotatable bonds is 7. The van der Waals surface area contributed by atoms with Crippen LogP contribution in [-0.4, -0.2) is 26.5 Å². The number of sulfonamides is 1. The van der Waals surface area contributed by atoms with Gasteiger partial charge in [0.05, 0.1) is 0 Å². The predicted molar refractivity (Wildman–Crippen MR) is 86.8 cm³/mol. The van der Waals surface area contributed by atoms with E-state index >= 15 is 0 Å². The quantitative estimate of drug-likeness (QED) is 0.812. The Morgan fingerprint density at radius 3 is 2.57 bits per heavy atom. The molecule has 0 aliphatic rings. The largest absolute Gasteiger partial charge is 0.369 e. The molecule has 0 fully saturated rings. The van der Waals surface area contributed by atoms with Crippen molar-refractivity contribution in [2.45, 2.75) is 45.9 Å². The summed E-state index contributed by atoms with van der Waals surface area (Å²) in [5, 5.41) is 3.06. The molecule has 0 aliphatic carbocycles. The molecule has 6 heteroatoms. The van der Waals surface area contributed by atoms with Gasteiger partial charge in [0.25, 0.3) is 0 Å². The Hall–Kier alpha value is -1.14. The summed E-state index contributed by atoms with van der Waals surface area (Å²) < 4.78 is 27.6. The third-order valence-electron chi connectivity index (χ3n) is 3.66. The van der Waals surface area contributed by atoms with Crippen LogP contribution in [0.25, 0.3) is 0 Å². The van der Waals surface area contributed by atoms with E-state index in [4.69, 9.17) is 0 Å². The fourth-order valence-electron chi connectivity index (χ4n) is 1.60. The van der Waals surface area contributed by atoms with Crippen molar-refractivity contribution in [2.75, 3.05) is 18.4 Å². The van der Waals surface area contributed by atoms with Crippen molar-refractivity contribution in [3.63, 3.8) is 0 Å². The molecule has 0 saturated carbocycles.